The molecule has 0 atom stereocenters. The average Bonchev–Trinajstić information content (AvgIpc) is 2.80. The Morgan fingerprint density at radius 2 is 1.57 bits per heavy atom. The zero-order valence-corrected chi connectivity index (χ0v) is 17.0. The minimum absolute atomic E-state index is 0.0489. The van der Waals surface area contributed by atoms with Gasteiger partial charge in [0.15, 0.2) is 0 Å². The van der Waals surface area contributed by atoms with Crippen molar-refractivity contribution in [1.82, 2.24) is 9.88 Å². The Balaban J connectivity index is 1.34. The fourth-order valence-corrected chi connectivity index (χ4v) is 3.60. The van der Waals surface area contributed by atoms with Gasteiger partial charge in [0.25, 0.3) is 11.8 Å². The van der Waals surface area contributed by atoms with Crippen LogP contribution in [0, 0.1) is 0 Å². The van der Waals surface area contributed by atoms with Crippen LogP contribution in [0.1, 0.15) is 20.7 Å². The second-order valence-corrected chi connectivity index (χ2v) is 7.39. The van der Waals surface area contributed by atoms with Gasteiger partial charge in [0.2, 0.25) is 0 Å². The highest BCUT2D eigenvalue weighted by atomic mass is 35.5. The maximum absolute atomic E-state index is 12.7. The van der Waals surface area contributed by atoms with Crippen LogP contribution in [-0.2, 0) is 0 Å². The molecule has 4 rings (SSSR count). The summed E-state index contributed by atoms with van der Waals surface area (Å²) in [5, 5.41) is 3.32. The number of carbonyl (C=O) groups excluding carboxylic acids is 2. The molecule has 1 N–H and O–H groups in total. The molecule has 1 saturated heterocycles. The third kappa shape index (κ3) is 4.44. The number of piperazine rings is 1. The molecule has 1 aliphatic rings. The second-order valence-electron chi connectivity index (χ2n) is 6.98. The summed E-state index contributed by atoms with van der Waals surface area (Å²) in [6.45, 7) is 2.55. The summed E-state index contributed by atoms with van der Waals surface area (Å²) in [4.78, 5) is 33.4. The third-order valence-electron chi connectivity index (χ3n) is 5.04. The molecule has 152 valence electrons. The number of hydrogen-bond donors (Lipinski definition) is 1. The number of nitrogens with one attached hydrogen (secondary N) is 1. The van der Waals surface area contributed by atoms with Crippen molar-refractivity contribution < 1.29 is 9.59 Å². The van der Waals surface area contributed by atoms with Gasteiger partial charge in [-0.1, -0.05) is 41.9 Å². The zero-order valence-electron chi connectivity index (χ0n) is 16.3. The standard InChI is InChI=1S/C23H21ClN4O2/c24-20-9-5-4-8-19(20)23(30)28-14-12-27(13-15-28)21-11-10-18(16-25-21)26-22(29)17-6-2-1-3-7-17/h1-11,16H,12-15H2,(H,26,29). The number of carbonyl (C=O) groups is 2. The van der Waals surface area contributed by atoms with Crippen molar-refractivity contribution in [2.24, 2.45) is 0 Å². The van der Waals surface area contributed by atoms with Crippen molar-refractivity contribution >= 4 is 34.9 Å². The van der Waals surface area contributed by atoms with E-state index < -0.39 is 0 Å². The molecular formula is C23H21ClN4O2. The summed E-state index contributed by atoms with van der Waals surface area (Å²) in [7, 11) is 0. The van der Waals surface area contributed by atoms with E-state index >= 15 is 0 Å². The highest BCUT2D eigenvalue weighted by molar-refractivity contribution is 6.33. The molecule has 6 nitrogen and oxygen atoms in total. The Bertz CT molecular complexity index is 1030. The van der Waals surface area contributed by atoms with Crippen LogP contribution in [0.4, 0.5) is 11.5 Å². The zero-order chi connectivity index (χ0) is 20.9. The molecule has 30 heavy (non-hydrogen) atoms. The molecule has 0 bridgehead atoms. The van der Waals surface area contributed by atoms with Crippen LogP contribution in [0.2, 0.25) is 5.02 Å². The number of anilines is 2. The van der Waals surface area contributed by atoms with E-state index in [0.29, 0.717) is 48.0 Å². The van der Waals surface area contributed by atoms with Gasteiger partial charge >= 0.3 is 0 Å². The minimum atomic E-state index is -0.170. The topological polar surface area (TPSA) is 65.5 Å². The average molecular weight is 421 g/mol. The van der Waals surface area contributed by atoms with Crippen molar-refractivity contribution in [3.8, 4) is 0 Å². The molecule has 2 amide bonds. The van der Waals surface area contributed by atoms with E-state index in [4.69, 9.17) is 11.6 Å². The Morgan fingerprint density at radius 1 is 0.867 bits per heavy atom. The quantitative estimate of drug-likeness (QED) is 0.694. The molecule has 0 saturated carbocycles. The SMILES string of the molecule is O=C(Nc1ccc(N2CCN(C(=O)c3ccccc3Cl)CC2)nc1)c1ccccc1. The van der Waals surface area contributed by atoms with Crippen molar-refractivity contribution in [1.29, 1.82) is 0 Å². The molecule has 1 aliphatic heterocycles. The van der Waals surface area contributed by atoms with Gasteiger partial charge < -0.3 is 15.1 Å². The van der Waals surface area contributed by atoms with Crippen LogP contribution >= 0.6 is 11.6 Å². The predicted octanol–water partition coefficient (Wildman–Crippen LogP) is 3.95. The molecule has 2 heterocycles. The van der Waals surface area contributed by atoms with Gasteiger partial charge in [-0.15, -0.1) is 0 Å². The van der Waals surface area contributed by atoms with Crippen LogP contribution in [0.5, 0.6) is 0 Å². The number of halogens is 1. The number of benzene rings is 2. The normalized spacial score (nSPS) is 13.8. The molecule has 3 aromatic rings. The van der Waals surface area contributed by atoms with Crippen LogP contribution in [0.15, 0.2) is 72.9 Å². The van der Waals surface area contributed by atoms with E-state index in [1.54, 1.807) is 30.5 Å². The van der Waals surface area contributed by atoms with E-state index in [-0.39, 0.29) is 11.8 Å². The van der Waals surface area contributed by atoms with Gasteiger partial charge in [-0.3, -0.25) is 9.59 Å². The molecule has 2 aromatic carbocycles. The van der Waals surface area contributed by atoms with Crippen molar-refractivity contribution in [2.45, 2.75) is 0 Å². The second kappa shape index (κ2) is 8.97. The summed E-state index contributed by atoms with van der Waals surface area (Å²) < 4.78 is 0. The summed E-state index contributed by atoms with van der Waals surface area (Å²) in [6, 6.07) is 19.9. The first kappa shape index (κ1) is 19.9. The van der Waals surface area contributed by atoms with Crippen LogP contribution in [0.3, 0.4) is 0 Å². The molecule has 0 unspecified atom stereocenters. The number of pyridine rings is 1. The van der Waals surface area contributed by atoms with E-state index in [9.17, 15) is 9.59 Å². The molecule has 0 spiro atoms. The number of amides is 2. The Kier molecular flexibility index (Phi) is 5.95. The third-order valence-corrected chi connectivity index (χ3v) is 5.37. The largest absolute Gasteiger partial charge is 0.353 e. The Hall–Kier alpha value is -3.38. The molecule has 0 radical (unpaired) electrons. The molecule has 7 heteroatoms. The van der Waals surface area contributed by atoms with Crippen LogP contribution < -0.4 is 10.2 Å². The van der Waals surface area contributed by atoms with Crippen LogP contribution in [0.25, 0.3) is 0 Å². The maximum Gasteiger partial charge on any atom is 0.255 e. The summed E-state index contributed by atoms with van der Waals surface area (Å²) in [6.07, 6.45) is 1.65. The first-order valence-electron chi connectivity index (χ1n) is 9.73. The van der Waals surface area contributed by atoms with Crippen molar-refractivity contribution in [3.63, 3.8) is 0 Å². The monoisotopic (exact) mass is 420 g/mol. The van der Waals surface area contributed by atoms with Crippen molar-refractivity contribution in [2.75, 3.05) is 36.4 Å². The first-order chi connectivity index (χ1) is 14.6. The van der Waals surface area contributed by atoms with E-state index in [0.717, 1.165) is 5.82 Å². The van der Waals surface area contributed by atoms with E-state index in [1.807, 2.05) is 47.4 Å². The molecule has 0 aliphatic carbocycles. The summed E-state index contributed by atoms with van der Waals surface area (Å²) >= 11 is 6.15. The van der Waals surface area contributed by atoms with Crippen LogP contribution in [-0.4, -0.2) is 47.9 Å². The first-order valence-corrected chi connectivity index (χ1v) is 10.1. The lowest BCUT2D eigenvalue weighted by atomic mass is 10.2. The highest BCUT2D eigenvalue weighted by Gasteiger charge is 2.24. The predicted molar refractivity (Wildman–Crippen MR) is 118 cm³/mol. The fourth-order valence-electron chi connectivity index (χ4n) is 3.38. The van der Waals surface area contributed by atoms with Gasteiger partial charge in [-0.25, -0.2) is 4.98 Å². The highest BCUT2D eigenvalue weighted by Crippen LogP contribution is 2.20. The summed E-state index contributed by atoms with van der Waals surface area (Å²) in [5.74, 6) is 0.599. The van der Waals surface area contributed by atoms with Gasteiger partial charge in [-0.05, 0) is 36.4 Å². The van der Waals surface area contributed by atoms with Gasteiger partial charge in [0.1, 0.15) is 5.82 Å². The van der Waals surface area contributed by atoms with Gasteiger partial charge in [0, 0.05) is 31.7 Å². The number of nitrogens with zero attached hydrogens (tertiary/aromatic N) is 3. The smallest absolute Gasteiger partial charge is 0.255 e. The van der Waals surface area contributed by atoms with E-state index in [2.05, 4.69) is 15.2 Å². The lowest BCUT2D eigenvalue weighted by Crippen LogP contribution is -2.49. The lowest BCUT2D eigenvalue weighted by molar-refractivity contribution is 0.0746. The van der Waals surface area contributed by atoms with Gasteiger partial charge in [-0.2, -0.15) is 0 Å². The fraction of sp³-hybridized carbons (Fsp3) is 0.174. The molecular weight excluding hydrogens is 400 g/mol. The maximum atomic E-state index is 12.7. The number of hydrogen-bond acceptors (Lipinski definition) is 4. The van der Waals surface area contributed by atoms with E-state index in [1.165, 1.54) is 0 Å². The molecule has 1 aromatic heterocycles. The van der Waals surface area contributed by atoms with Crippen molar-refractivity contribution in [3.05, 3.63) is 89.1 Å². The van der Waals surface area contributed by atoms with Gasteiger partial charge in [0.05, 0.1) is 22.5 Å². The molecule has 1 fully saturated rings. The Morgan fingerprint density at radius 3 is 2.23 bits per heavy atom. The minimum Gasteiger partial charge on any atom is -0.353 e. The summed E-state index contributed by atoms with van der Waals surface area (Å²) in [5.41, 5.74) is 1.77. The lowest BCUT2D eigenvalue weighted by Gasteiger charge is -2.35. The Labute approximate surface area is 180 Å². The number of rotatable bonds is 4. The number of aromatic nitrogens is 1.